The van der Waals surface area contributed by atoms with Crippen LogP contribution in [0.2, 0.25) is 0 Å². The summed E-state index contributed by atoms with van der Waals surface area (Å²) in [5.41, 5.74) is 11.6. The molecule has 7 N–H and O–H groups in total. The molecular formula is C23H29N9O10P2S2. The first-order valence-electron chi connectivity index (χ1n) is 13.9. The summed E-state index contributed by atoms with van der Waals surface area (Å²) in [4.78, 5) is 31.3. The van der Waals surface area contributed by atoms with E-state index in [2.05, 4.69) is 49.4 Å². The largest absolute Gasteiger partial charge is 0.396 e. The molecule has 6 heterocycles. The van der Waals surface area contributed by atoms with Crippen LogP contribution < -0.4 is 17.0 Å². The number of ether oxygens (including phenoxy) is 1. The van der Waals surface area contributed by atoms with Gasteiger partial charge >= 0.3 is 13.6 Å². The molecule has 248 valence electrons. The number of fused-ring (bicyclic) bond motifs is 5. The Balaban J connectivity index is 1.22. The van der Waals surface area contributed by atoms with Gasteiger partial charge in [0, 0.05) is 18.0 Å². The highest BCUT2D eigenvalue weighted by atomic mass is 32.7. The summed E-state index contributed by atoms with van der Waals surface area (Å²) >= 11 is 8.37. The van der Waals surface area contributed by atoms with Crippen molar-refractivity contribution in [3.63, 3.8) is 0 Å². The van der Waals surface area contributed by atoms with Gasteiger partial charge in [-0.05, 0) is 12.5 Å². The number of nitrogens with two attached hydrogens (primary N) is 2. The van der Waals surface area contributed by atoms with Crippen LogP contribution in [-0.4, -0.2) is 88.5 Å². The second-order valence-corrected chi connectivity index (χ2v) is 16.9. The van der Waals surface area contributed by atoms with E-state index in [0.29, 0.717) is 11.0 Å². The monoisotopic (exact) mass is 717 g/mol. The van der Waals surface area contributed by atoms with Crippen LogP contribution in [0.4, 0.5) is 11.8 Å². The molecule has 0 radical (unpaired) electrons. The van der Waals surface area contributed by atoms with Gasteiger partial charge in [0.15, 0.2) is 17.4 Å². The molecule has 0 aromatic carbocycles. The SMILES string of the molecule is Nc1nc2c(ncn2[C@@H]2O[C@@H]3CO[P@](=O)(S)O[C@@H]4[C@@H](CO[P@](=O)(S)O[C@@H]2[C@@H]3CO)C[C@@H](n2ccc3c(N)ncnc32)[C@@H]4O)c(=O)[nH]1. The van der Waals surface area contributed by atoms with Crippen LogP contribution in [0.3, 0.4) is 0 Å². The Hall–Kier alpha value is -2.55. The molecule has 2 saturated heterocycles. The van der Waals surface area contributed by atoms with Crippen LogP contribution in [-0.2, 0) is 32.0 Å². The maximum atomic E-state index is 13.7. The number of aromatic amines is 1. The molecule has 19 nitrogen and oxygen atoms in total. The number of hydrogen-bond acceptors (Lipinski definition) is 16. The maximum Gasteiger partial charge on any atom is 0.386 e. The number of anilines is 2. The number of aromatic nitrogens is 7. The van der Waals surface area contributed by atoms with Crippen LogP contribution in [0.25, 0.3) is 22.2 Å². The molecule has 10 atom stereocenters. The van der Waals surface area contributed by atoms with Gasteiger partial charge in [0.2, 0.25) is 5.95 Å². The van der Waals surface area contributed by atoms with Crippen LogP contribution >= 0.6 is 38.1 Å². The number of nitrogen functional groups attached to an aromatic ring is 2. The molecule has 3 aliphatic rings. The third-order valence-corrected chi connectivity index (χ3v) is 11.7. The van der Waals surface area contributed by atoms with Gasteiger partial charge in [-0.15, -0.1) is 0 Å². The molecule has 3 fully saturated rings. The number of aliphatic hydroxyl groups excluding tert-OH is 2. The second kappa shape index (κ2) is 11.9. The lowest BCUT2D eigenvalue weighted by molar-refractivity contribution is -0.0501. The fraction of sp³-hybridized carbons (Fsp3) is 0.522. The number of nitrogens with zero attached hydrogens (tertiary/aromatic N) is 6. The first kappa shape index (κ1) is 32.0. The van der Waals surface area contributed by atoms with Crippen LogP contribution in [0.5, 0.6) is 0 Å². The number of thiol groups is 2. The normalized spacial score (nSPS) is 37.1. The number of H-pyrrole nitrogens is 1. The zero-order chi connectivity index (χ0) is 32.5. The van der Waals surface area contributed by atoms with Crippen molar-refractivity contribution in [3.05, 3.63) is 35.3 Å². The molecule has 2 aliphatic heterocycles. The molecule has 46 heavy (non-hydrogen) atoms. The smallest absolute Gasteiger partial charge is 0.386 e. The van der Waals surface area contributed by atoms with Crippen molar-refractivity contribution in [2.45, 2.75) is 43.1 Å². The van der Waals surface area contributed by atoms with E-state index in [-0.39, 0.29) is 36.0 Å². The molecule has 4 aromatic heterocycles. The van der Waals surface area contributed by atoms with E-state index in [4.69, 9.17) is 34.3 Å². The highest BCUT2D eigenvalue weighted by Gasteiger charge is 2.52. The van der Waals surface area contributed by atoms with Gasteiger partial charge in [0.25, 0.3) is 5.56 Å². The molecule has 0 unspecified atom stereocenters. The average molecular weight is 718 g/mol. The van der Waals surface area contributed by atoms with Gasteiger partial charge in [0.05, 0.1) is 43.7 Å². The molecule has 1 aliphatic carbocycles. The molecular weight excluding hydrogens is 688 g/mol. The fourth-order valence-corrected chi connectivity index (χ4v) is 9.37. The highest BCUT2D eigenvalue weighted by molar-refractivity contribution is 8.44. The van der Waals surface area contributed by atoms with E-state index in [1.807, 2.05) is 0 Å². The minimum absolute atomic E-state index is 0.0238. The Kier molecular flexibility index (Phi) is 8.25. The van der Waals surface area contributed by atoms with Crippen molar-refractivity contribution in [2.75, 3.05) is 31.3 Å². The lowest BCUT2D eigenvalue weighted by atomic mass is 9.99. The summed E-state index contributed by atoms with van der Waals surface area (Å²) in [6, 6.07) is 1.05. The highest BCUT2D eigenvalue weighted by Crippen LogP contribution is 2.61. The zero-order valence-electron chi connectivity index (χ0n) is 23.5. The van der Waals surface area contributed by atoms with Crippen LogP contribution in [0.1, 0.15) is 18.7 Å². The van der Waals surface area contributed by atoms with Crippen molar-refractivity contribution in [2.24, 2.45) is 11.8 Å². The van der Waals surface area contributed by atoms with E-state index in [9.17, 15) is 24.1 Å². The van der Waals surface area contributed by atoms with E-state index < -0.39 is 80.9 Å². The van der Waals surface area contributed by atoms with Gasteiger partial charge in [0.1, 0.15) is 36.1 Å². The lowest BCUT2D eigenvalue weighted by Gasteiger charge is -2.28. The summed E-state index contributed by atoms with van der Waals surface area (Å²) in [7, 11) is 0. The maximum absolute atomic E-state index is 13.7. The Labute approximate surface area is 269 Å². The summed E-state index contributed by atoms with van der Waals surface area (Å²) in [6.07, 6.45) is -1.46. The molecule has 2 bridgehead atoms. The number of rotatable bonds is 3. The summed E-state index contributed by atoms with van der Waals surface area (Å²) in [6.45, 7) is -9.78. The minimum atomic E-state index is -4.25. The van der Waals surface area contributed by atoms with Crippen molar-refractivity contribution < 1.29 is 42.2 Å². The lowest BCUT2D eigenvalue weighted by Crippen LogP contribution is -2.33. The van der Waals surface area contributed by atoms with Crippen LogP contribution in [0.15, 0.2) is 29.7 Å². The Morgan fingerprint density at radius 3 is 2.54 bits per heavy atom. The second-order valence-electron chi connectivity index (χ2n) is 11.1. The summed E-state index contributed by atoms with van der Waals surface area (Å²) in [5.74, 6) is -1.58. The van der Waals surface area contributed by atoms with E-state index in [0.717, 1.165) is 0 Å². The average Bonchev–Trinajstić information content (AvgIpc) is 3.75. The first-order chi connectivity index (χ1) is 21.9. The summed E-state index contributed by atoms with van der Waals surface area (Å²) in [5, 5.41) is 22.4. The van der Waals surface area contributed by atoms with Crippen molar-refractivity contribution in [1.29, 1.82) is 0 Å². The number of imidazole rings is 1. The van der Waals surface area contributed by atoms with E-state index in [1.165, 1.54) is 17.2 Å². The van der Waals surface area contributed by atoms with Crippen molar-refractivity contribution >= 4 is 72.1 Å². The molecule has 1 saturated carbocycles. The Morgan fingerprint density at radius 1 is 1.04 bits per heavy atom. The Morgan fingerprint density at radius 2 is 1.78 bits per heavy atom. The molecule has 7 rings (SSSR count). The predicted octanol–water partition coefficient (Wildman–Crippen LogP) is 1.05. The van der Waals surface area contributed by atoms with E-state index in [1.54, 1.807) is 16.8 Å². The number of aliphatic hydroxyl groups is 2. The molecule has 0 amide bonds. The number of nitrogens with one attached hydrogen (secondary N) is 1. The van der Waals surface area contributed by atoms with Crippen LogP contribution in [0, 0.1) is 11.8 Å². The first-order valence-corrected chi connectivity index (χ1v) is 19.3. The predicted molar refractivity (Wildman–Crippen MR) is 167 cm³/mol. The third-order valence-electron chi connectivity index (χ3n) is 8.43. The van der Waals surface area contributed by atoms with Gasteiger partial charge in [-0.2, -0.15) is 4.98 Å². The minimum Gasteiger partial charge on any atom is -0.396 e. The standard InChI is InChI=1S/C23H29N9O10P2S2/c24-18-10-1-2-31(19(10)27-7-26-18)12-3-9-5-38-43(36,45)42-17-11(4-33)13(6-39-44(37,46)41-16(9)15(12)34)40-22(17)32-8-28-14-20(32)29-23(25)30-21(14)35/h1-2,7-9,11-13,15-17,22,33-34H,3-6H2,(H,36,45)(H,37,46)(H2,24,26,27)(H3,25,29,30,35)/t9-,11-,12-,13-,15+,16-,17-,22-,43+,44+/m1/s1. The van der Waals surface area contributed by atoms with Gasteiger partial charge in [-0.1, -0.05) is 24.5 Å². The van der Waals surface area contributed by atoms with Gasteiger partial charge in [-0.25, -0.2) is 24.1 Å². The van der Waals surface area contributed by atoms with E-state index >= 15 is 0 Å². The zero-order valence-corrected chi connectivity index (χ0v) is 27.1. The fourth-order valence-electron chi connectivity index (χ4n) is 6.30. The third kappa shape index (κ3) is 5.66. The molecule has 23 heteroatoms. The quantitative estimate of drug-likeness (QED) is 0.115. The van der Waals surface area contributed by atoms with Gasteiger partial charge in [-0.3, -0.25) is 27.9 Å². The molecule has 0 spiro atoms. The topological polar surface area (TPSA) is 267 Å². The number of hydrogen-bond donors (Lipinski definition) is 7. The van der Waals surface area contributed by atoms with Gasteiger partial charge < -0.3 is 35.5 Å². The Bertz CT molecular complexity index is 1960. The van der Waals surface area contributed by atoms with Crippen molar-refractivity contribution in [1.82, 2.24) is 34.1 Å². The molecule has 4 aromatic rings. The summed E-state index contributed by atoms with van der Waals surface area (Å²) < 4.78 is 59.6. The van der Waals surface area contributed by atoms with Crippen molar-refractivity contribution in [3.8, 4) is 0 Å².